The second-order valence-corrected chi connectivity index (χ2v) is 8.45. The maximum absolute atomic E-state index is 12.8. The van der Waals surface area contributed by atoms with E-state index in [1.165, 1.54) is 15.6 Å². The lowest BCUT2D eigenvalue weighted by Crippen LogP contribution is -2.16. The highest BCUT2D eigenvalue weighted by atomic mass is 32.2. The van der Waals surface area contributed by atoms with E-state index >= 15 is 0 Å². The van der Waals surface area contributed by atoms with Gasteiger partial charge in [-0.3, -0.25) is 0 Å². The number of fused-ring (bicyclic) bond motifs is 2. The summed E-state index contributed by atoms with van der Waals surface area (Å²) in [6.07, 6.45) is 6.14. The van der Waals surface area contributed by atoms with E-state index in [0.29, 0.717) is 0 Å². The molecule has 2 aliphatic heterocycles. The molecule has 4 rings (SSSR count). The molecule has 1 atom stereocenters. The maximum Gasteiger partial charge on any atom is 0.275 e. The molecule has 0 aromatic heterocycles. The van der Waals surface area contributed by atoms with Crippen molar-refractivity contribution in [2.45, 2.75) is 23.6 Å². The number of anilines is 1. The van der Waals surface area contributed by atoms with Gasteiger partial charge in [0.15, 0.2) is 10.8 Å². The van der Waals surface area contributed by atoms with Crippen LogP contribution in [0.4, 0.5) is 11.4 Å². The van der Waals surface area contributed by atoms with Gasteiger partial charge in [-0.15, -0.1) is 0 Å². The number of hydrogen-bond acceptors (Lipinski definition) is 3. The molecule has 1 unspecified atom stereocenters. The SMILES string of the molecule is CCN1C(=CC=CC2=[N+](CC)c3ccccc3S2=O)Sc2ccccc21. The summed E-state index contributed by atoms with van der Waals surface area (Å²) in [5.74, 6) is 0. The fourth-order valence-electron chi connectivity index (χ4n) is 3.36. The van der Waals surface area contributed by atoms with Gasteiger partial charge in [-0.05, 0) is 38.1 Å². The third-order valence-electron chi connectivity index (χ3n) is 4.56. The quantitative estimate of drug-likeness (QED) is 0.704. The molecule has 0 fully saturated rings. The van der Waals surface area contributed by atoms with Crippen LogP contribution in [0.15, 0.2) is 81.6 Å². The van der Waals surface area contributed by atoms with Crippen molar-refractivity contribution in [1.29, 1.82) is 0 Å². The Labute approximate surface area is 161 Å². The molecule has 2 heterocycles. The molecule has 0 saturated carbocycles. The fourth-order valence-corrected chi connectivity index (χ4v) is 5.93. The zero-order valence-corrected chi connectivity index (χ0v) is 16.5. The smallest absolute Gasteiger partial charge is 0.275 e. The Bertz CT molecular complexity index is 975. The van der Waals surface area contributed by atoms with Gasteiger partial charge in [0.25, 0.3) is 5.04 Å². The minimum Gasteiger partial charge on any atom is -0.335 e. The number of thioether (sulfide) groups is 1. The summed E-state index contributed by atoms with van der Waals surface area (Å²) >= 11 is 1.78. The van der Waals surface area contributed by atoms with Crippen molar-refractivity contribution < 1.29 is 8.78 Å². The molecular formula is C21H21N2OS2+. The average molecular weight is 382 g/mol. The summed E-state index contributed by atoms with van der Waals surface area (Å²) in [6, 6.07) is 16.4. The number of para-hydroxylation sites is 2. The third-order valence-corrected chi connectivity index (χ3v) is 7.17. The Kier molecular flexibility index (Phi) is 4.83. The molecule has 0 saturated heterocycles. The molecule has 2 aromatic carbocycles. The predicted octanol–water partition coefficient (Wildman–Crippen LogP) is 4.90. The second kappa shape index (κ2) is 7.25. The minimum atomic E-state index is -1.11. The normalized spacial score (nSPS) is 20.3. The zero-order valence-electron chi connectivity index (χ0n) is 14.9. The standard InChI is InChI=1S/C21H21N2OS2/c1-3-22-16-10-5-7-12-18(16)25-20(22)14-9-15-21-23(4-2)17-11-6-8-13-19(17)26(21)24/h5-15H,3-4H2,1-2H3/q+1. The number of benzene rings is 2. The number of allylic oxidation sites excluding steroid dienone is 2. The molecule has 2 aromatic rings. The third kappa shape index (κ3) is 2.85. The van der Waals surface area contributed by atoms with Crippen molar-refractivity contribution in [2.24, 2.45) is 0 Å². The van der Waals surface area contributed by atoms with Gasteiger partial charge < -0.3 is 4.90 Å². The summed E-state index contributed by atoms with van der Waals surface area (Å²) in [5.41, 5.74) is 2.32. The van der Waals surface area contributed by atoms with Crippen LogP contribution in [0, 0.1) is 0 Å². The van der Waals surface area contributed by atoms with Gasteiger partial charge in [-0.1, -0.05) is 42.1 Å². The van der Waals surface area contributed by atoms with Crippen LogP contribution >= 0.6 is 11.8 Å². The van der Waals surface area contributed by atoms with Crippen LogP contribution in [0.5, 0.6) is 0 Å². The van der Waals surface area contributed by atoms with Crippen molar-refractivity contribution >= 4 is 39.0 Å². The lowest BCUT2D eigenvalue weighted by molar-refractivity contribution is -0.433. The number of rotatable bonds is 4. The predicted molar refractivity (Wildman–Crippen MR) is 111 cm³/mol. The highest BCUT2D eigenvalue weighted by Crippen LogP contribution is 2.45. The van der Waals surface area contributed by atoms with Gasteiger partial charge in [0.05, 0.1) is 10.7 Å². The first-order valence-corrected chi connectivity index (χ1v) is 10.8. The molecule has 0 bridgehead atoms. The van der Waals surface area contributed by atoms with E-state index in [1.807, 2.05) is 36.4 Å². The molecule has 26 heavy (non-hydrogen) atoms. The molecule has 0 aliphatic carbocycles. The monoisotopic (exact) mass is 381 g/mol. The van der Waals surface area contributed by atoms with Gasteiger partial charge in [0.1, 0.15) is 11.4 Å². The molecule has 5 heteroatoms. The summed E-state index contributed by atoms with van der Waals surface area (Å²) in [5, 5.41) is 2.06. The van der Waals surface area contributed by atoms with Gasteiger partial charge in [-0.2, -0.15) is 4.58 Å². The largest absolute Gasteiger partial charge is 0.335 e. The van der Waals surface area contributed by atoms with Gasteiger partial charge in [-0.25, -0.2) is 4.21 Å². The van der Waals surface area contributed by atoms with E-state index in [4.69, 9.17) is 0 Å². The Morgan fingerprint density at radius 3 is 2.69 bits per heavy atom. The van der Waals surface area contributed by atoms with E-state index in [-0.39, 0.29) is 0 Å². The molecule has 0 N–H and O–H groups in total. The van der Waals surface area contributed by atoms with Crippen molar-refractivity contribution in [3.63, 3.8) is 0 Å². The zero-order chi connectivity index (χ0) is 18.1. The van der Waals surface area contributed by atoms with Crippen molar-refractivity contribution in [3.05, 3.63) is 71.8 Å². The van der Waals surface area contributed by atoms with Gasteiger partial charge in [0.2, 0.25) is 5.69 Å². The Morgan fingerprint density at radius 1 is 1.12 bits per heavy atom. The van der Waals surface area contributed by atoms with Crippen LogP contribution in [-0.2, 0) is 10.8 Å². The van der Waals surface area contributed by atoms with Crippen LogP contribution in [-0.4, -0.2) is 26.9 Å². The fraction of sp³-hybridized carbons (Fsp3) is 0.190. The Balaban J connectivity index is 1.63. The molecule has 132 valence electrons. The van der Waals surface area contributed by atoms with Gasteiger partial charge in [0, 0.05) is 23.6 Å². The van der Waals surface area contributed by atoms with Crippen LogP contribution < -0.4 is 4.90 Å². The van der Waals surface area contributed by atoms with E-state index in [1.54, 1.807) is 11.8 Å². The summed E-state index contributed by atoms with van der Waals surface area (Å²) in [6.45, 7) is 5.99. The lowest BCUT2D eigenvalue weighted by Gasteiger charge is -2.17. The minimum absolute atomic E-state index is 0.806. The summed E-state index contributed by atoms with van der Waals surface area (Å²) in [4.78, 5) is 4.50. The molecule has 0 spiro atoms. The van der Waals surface area contributed by atoms with Crippen LogP contribution in [0.3, 0.4) is 0 Å². The van der Waals surface area contributed by atoms with Crippen LogP contribution in [0.2, 0.25) is 0 Å². The molecular weight excluding hydrogens is 360 g/mol. The number of hydrogen-bond donors (Lipinski definition) is 0. The summed E-state index contributed by atoms with van der Waals surface area (Å²) in [7, 11) is -1.11. The molecule has 0 amide bonds. The lowest BCUT2D eigenvalue weighted by atomic mass is 10.3. The van der Waals surface area contributed by atoms with Crippen LogP contribution in [0.25, 0.3) is 0 Å². The first-order valence-electron chi connectivity index (χ1n) is 8.82. The Hall–Kier alpha value is -2.11. The molecule has 3 nitrogen and oxygen atoms in total. The first kappa shape index (κ1) is 17.3. The van der Waals surface area contributed by atoms with E-state index < -0.39 is 10.8 Å². The van der Waals surface area contributed by atoms with Crippen molar-refractivity contribution in [3.8, 4) is 0 Å². The first-order chi connectivity index (χ1) is 12.7. The maximum atomic E-state index is 12.8. The van der Waals surface area contributed by atoms with Gasteiger partial charge >= 0.3 is 0 Å². The molecule has 2 aliphatic rings. The Morgan fingerprint density at radius 2 is 1.88 bits per heavy atom. The van der Waals surface area contributed by atoms with Crippen molar-refractivity contribution in [1.82, 2.24) is 0 Å². The second-order valence-electron chi connectivity index (χ2n) is 6.00. The summed E-state index contributed by atoms with van der Waals surface area (Å²) < 4.78 is 15.0. The highest BCUT2D eigenvalue weighted by molar-refractivity contribution is 8.03. The van der Waals surface area contributed by atoms with E-state index in [0.717, 1.165) is 28.7 Å². The van der Waals surface area contributed by atoms with E-state index in [2.05, 4.69) is 53.7 Å². The van der Waals surface area contributed by atoms with E-state index in [9.17, 15) is 4.21 Å². The topological polar surface area (TPSA) is 23.3 Å². The highest BCUT2D eigenvalue weighted by Gasteiger charge is 2.34. The van der Waals surface area contributed by atoms with Crippen LogP contribution in [0.1, 0.15) is 13.8 Å². The average Bonchev–Trinajstić information content (AvgIpc) is 3.17. The molecule has 0 radical (unpaired) electrons. The number of nitrogens with zero attached hydrogens (tertiary/aromatic N) is 2. The van der Waals surface area contributed by atoms with Crippen molar-refractivity contribution in [2.75, 3.05) is 18.0 Å².